The second-order valence-electron chi connectivity index (χ2n) is 11.7. The monoisotopic (exact) mass is 665 g/mol. The molecule has 1 saturated carbocycles. The molecule has 43 heavy (non-hydrogen) atoms. The number of hydrogen-bond acceptors (Lipinski definition) is 7. The number of carbonyl (C=O) groups is 1. The number of nitrogens with zero attached hydrogens (tertiary/aromatic N) is 2. The van der Waals surface area contributed by atoms with Crippen LogP contribution in [-0.4, -0.2) is 57.6 Å². The van der Waals surface area contributed by atoms with Crippen molar-refractivity contribution in [2.75, 3.05) is 29.0 Å². The number of aromatic carboxylic acids is 1. The lowest BCUT2D eigenvalue weighted by molar-refractivity contribution is 0.0703. The maximum atomic E-state index is 14.3. The van der Waals surface area contributed by atoms with Crippen LogP contribution in [0.1, 0.15) is 55.6 Å². The lowest BCUT2D eigenvalue weighted by Crippen LogP contribution is -2.46. The van der Waals surface area contributed by atoms with E-state index in [-0.39, 0.29) is 44.1 Å². The maximum absolute atomic E-state index is 14.3. The van der Waals surface area contributed by atoms with Crippen LogP contribution in [0, 0.1) is 11.8 Å². The standard InChI is InChI=1S/C30H36ClN3O6S3/c1-19(2)18-42(37,38)32-24-16-27(41-29(24)30(35)36)22-14-28-25(15-23(22)31)34(21-12-8-5-9-13-21)17-26(33(3)43(28,39)40)20-10-6-4-7-11-20/h5,8-9,12-16,19-20,26,32H,4,6-7,10-11,17-18H2,1-3H3,(H,35,36)/t26-/m0/s1. The summed E-state index contributed by atoms with van der Waals surface area (Å²) in [7, 11) is -6.18. The van der Waals surface area contributed by atoms with E-state index in [0.717, 1.165) is 49.1 Å². The minimum atomic E-state index is -4.00. The molecule has 0 saturated heterocycles. The third kappa shape index (κ3) is 6.58. The molecule has 2 heterocycles. The SMILES string of the molecule is CC(C)CS(=O)(=O)Nc1cc(-c2cc3c(cc2Cl)N(c2ccccc2)C[C@@H](C2CCCCC2)N(C)S3(=O)=O)sc1C(=O)O. The number of sulfonamides is 2. The largest absolute Gasteiger partial charge is 0.477 e. The Balaban J connectivity index is 1.66. The number of carboxylic acid groups (broad SMARTS) is 1. The van der Waals surface area contributed by atoms with E-state index in [0.29, 0.717) is 22.7 Å². The van der Waals surface area contributed by atoms with Gasteiger partial charge in [-0.25, -0.2) is 21.6 Å². The van der Waals surface area contributed by atoms with Gasteiger partial charge in [-0.3, -0.25) is 4.72 Å². The number of para-hydroxylation sites is 1. The Kier molecular flexibility index (Phi) is 9.16. The molecule has 2 aliphatic rings. The van der Waals surface area contributed by atoms with Crippen molar-refractivity contribution < 1.29 is 26.7 Å². The molecule has 2 N–H and O–H groups in total. The first-order chi connectivity index (χ1) is 20.3. The zero-order chi connectivity index (χ0) is 31.1. The number of benzene rings is 2. The topological polar surface area (TPSA) is 124 Å². The first kappa shape index (κ1) is 31.8. The molecule has 0 spiro atoms. The Morgan fingerprint density at radius 3 is 2.42 bits per heavy atom. The average molecular weight is 666 g/mol. The fourth-order valence-corrected chi connectivity index (χ4v) is 10.5. The summed E-state index contributed by atoms with van der Waals surface area (Å²) in [5, 5.41) is 10.1. The van der Waals surface area contributed by atoms with Crippen molar-refractivity contribution in [2.24, 2.45) is 11.8 Å². The quantitative estimate of drug-likeness (QED) is 0.269. The van der Waals surface area contributed by atoms with E-state index in [4.69, 9.17) is 11.6 Å². The number of halogens is 1. The van der Waals surface area contributed by atoms with Gasteiger partial charge in [0.05, 0.1) is 22.2 Å². The van der Waals surface area contributed by atoms with Crippen molar-refractivity contribution in [3.8, 4) is 10.4 Å². The maximum Gasteiger partial charge on any atom is 0.348 e. The Labute approximate surface area is 262 Å². The molecule has 5 rings (SSSR count). The van der Waals surface area contributed by atoms with Crippen LogP contribution in [0.25, 0.3) is 10.4 Å². The van der Waals surface area contributed by atoms with Crippen LogP contribution in [0.4, 0.5) is 17.1 Å². The number of fused-ring (bicyclic) bond motifs is 1. The minimum absolute atomic E-state index is 0.0591. The Bertz CT molecular complexity index is 1720. The molecule has 13 heteroatoms. The highest BCUT2D eigenvalue weighted by molar-refractivity contribution is 7.92. The summed E-state index contributed by atoms with van der Waals surface area (Å²) in [5.41, 5.74) is 1.51. The van der Waals surface area contributed by atoms with Gasteiger partial charge in [0.2, 0.25) is 20.0 Å². The summed E-state index contributed by atoms with van der Waals surface area (Å²) in [6.07, 6.45) is 5.19. The van der Waals surface area contributed by atoms with Crippen LogP contribution in [0.2, 0.25) is 5.02 Å². The summed E-state index contributed by atoms with van der Waals surface area (Å²) < 4.78 is 57.8. The predicted molar refractivity (Wildman–Crippen MR) is 173 cm³/mol. The fraction of sp³-hybridized carbons (Fsp3) is 0.433. The van der Waals surface area contributed by atoms with E-state index in [1.54, 1.807) is 27.0 Å². The second kappa shape index (κ2) is 12.4. The van der Waals surface area contributed by atoms with Crippen molar-refractivity contribution in [1.82, 2.24) is 4.31 Å². The first-order valence-electron chi connectivity index (χ1n) is 14.3. The van der Waals surface area contributed by atoms with E-state index in [9.17, 15) is 26.7 Å². The Morgan fingerprint density at radius 2 is 1.79 bits per heavy atom. The van der Waals surface area contributed by atoms with Gasteiger partial charge < -0.3 is 10.0 Å². The number of anilines is 3. The van der Waals surface area contributed by atoms with Crippen molar-refractivity contribution >= 4 is 66.0 Å². The van der Waals surface area contributed by atoms with Gasteiger partial charge in [-0.05, 0) is 55.0 Å². The average Bonchev–Trinajstić information content (AvgIpc) is 3.33. The Hall–Kier alpha value is -2.64. The number of likely N-dealkylation sites (N-methyl/N-ethyl adjacent to an activating group) is 1. The fourth-order valence-electron chi connectivity index (χ4n) is 6.11. The second-order valence-corrected chi connectivity index (χ2v) is 16.9. The van der Waals surface area contributed by atoms with Crippen LogP contribution >= 0.6 is 22.9 Å². The van der Waals surface area contributed by atoms with Crippen LogP contribution in [0.15, 0.2) is 53.4 Å². The molecule has 1 aliphatic carbocycles. The zero-order valence-corrected chi connectivity index (χ0v) is 27.5. The van der Waals surface area contributed by atoms with E-state index in [2.05, 4.69) is 4.72 Å². The summed E-state index contributed by atoms with van der Waals surface area (Å²) in [6, 6.07) is 13.9. The number of nitrogens with one attached hydrogen (secondary N) is 1. The van der Waals surface area contributed by atoms with E-state index >= 15 is 0 Å². The number of hydrogen-bond donors (Lipinski definition) is 2. The number of rotatable bonds is 8. The molecule has 0 bridgehead atoms. The summed E-state index contributed by atoms with van der Waals surface area (Å²) >= 11 is 7.68. The predicted octanol–water partition coefficient (Wildman–Crippen LogP) is 6.89. The normalized spacial score (nSPS) is 19.7. The van der Waals surface area contributed by atoms with Crippen molar-refractivity contribution in [1.29, 1.82) is 0 Å². The number of carboxylic acids is 1. The van der Waals surface area contributed by atoms with E-state index in [1.807, 2.05) is 35.2 Å². The van der Waals surface area contributed by atoms with Crippen LogP contribution < -0.4 is 9.62 Å². The molecule has 1 aromatic heterocycles. The van der Waals surface area contributed by atoms with Gasteiger partial charge >= 0.3 is 5.97 Å². The molecule has 3 aromatic rings. The summed E-state index contributed by atoms with van der Waals surface area (Å²) in [5.74, 6) is -1.45. The molecule has 2 aromatic carbocycles. The lowest BCUT2D eigenvalue weighted by Gasteiger charge is -2.36. The minimum Gasteiger partial charge on any atom is -0.477 e. The van der Waals surface area contributed by atoms with Gasteiger partial charge in [-0.15, -0.1) is 11.3 Å². The van der Waals surface area contributed by atoms with Gasteiger partial charge in [0.15, 0.2) is 0 Å². The molecule has 0 radical (unpaired) electrons. The van der Waals surface area contributed by atoms with Crippen LogP contribution in [0.5, 0.6) is 0 Å². The summed E-state index contributed by atoms with van der Waals surface area (Å²) in [6.45, 7) is 3.96. The van der Waals surface area contributed by atoms with Gasteiger partial charge in [0, 0.05) is 35.8 Å². The van der Waals surface area contributed by atoms with Crippen molar-refractivity contribution in [2.45, 2.75) is 56.9 Å². The molecule has 1 aliphatic heterocycles. The molecular formula is C30H36ClN3O6S3. The molecule has 0 unspecified atom stereocenters. The highest BCUT2D eigenvalue weighted by Crippen LogP contribution is 2.46. The molecule has 1 atom stereocenters. The first-order valence-corrected chi connectivity index (χ1v) is 18.6. The van der Waals surface area contributed by atoms with E-state index < -0.39 is 26.0 Å². The zero-order valence-electron chi connectivity index (χ0n) is 24.3. The number of thiophene rings is 1. The molecule has 9 nitrogen and oxygen atoms in total. The highest BCUT2D eigenvalue weighted by Gasteiger charge is 2.41. The summed E-state index contributed by atoms with van der Waals surface area (Å²) in [4.78, 5) is 14.3. The van der Waals surface area contributed by atoms with Crippen molar-refractivity contribution in [3.63, 3.8) is 0 Å². The highest BCUT2D eigenvalue weighted by atomic mass is 35.5. The Morgan fingerprint density at radius 1 is 1.12 bits per heavy atom. The van der Waals surface area contributed by atoms with Crippen LogP contribution in [0.3, 0.4) is 0 Å². The lowest BCUT2D eigenvalue weighted by atomic mass is 9.83. The van der Waals surface area contributed by atoms with Crippen molar-refractivity contribution in [3.05, 3.63) is 58.4 Å². The van der Waals surface area contributed by atoms with Crippen LogP contribution in [-0.2, 0) is 20.0 Å². The molecule has 232 valence electrons. The smallest absolute Gasteiger partial charge is 0.348 e. The third-order valence-corrected chi connectivity index (χ3v) is 13.1. The van der Waals surface area contributed by atoms with Gasteiger partial charge in [-0.2, -0.15) is 4.31 Å². The van der Waals surface area contributed by atoms with Gasteiger partial charge in [-0.1, -0.05) is 62.9 Å². The molecule has 0 amide bonds. The molecular weight excluding hydrogens is 630 g/mol. The molecule has 1 fully saturated rings. The van der Waals surface area contributed by atoms with Gasteiger partial charge in [0.25, 0.3) is 0 Å². The van der Waals surface area contributed by atoms with Gasteiger partial charge in [0.1, 0.15) is 9.77 Å². The third-order valence-electron chi connectivity index (χ3n) is 8.10. The van der Waals surface area contributed by atoms with E-state index in [1.165, 1.54) is 16.4 Å².